The number of thioether (sulfide) groups is 1. The average Bonchev–Trinajstić information content (AvgIpc) is 2.64. The van der Waals surface area contributed by atoms with Gasteiger partial charge in [0.15, 0.2) is 0 Å². The molecule has 0 aliphatic heterocycles. The Morgan fingerprint density at radius 2 is 2.00 bits per heavy atom. The topological polar surface area (TPSA) is 57.0 Å². The van der Waals surface area contributed by atoms with Crippen molar-refractivity contribution in [1.82, 2.24) is 9.88 Å². The van der Waals surface area contributed by atoms with Crippen LogP contribution in [0.5, 0.6) is 0 Å². The van der Waals surface area contributed by atoms with Gasteiger partial charge in [-0.15, -0.1) is 11.8 Å². The number of rotatable bonds is 8. The molecule has 5 heteroatoms. The monoisotopic (exact) mass is 339 g/mol. The second kappa shape index (κ2) is 9.74. The molecule has 1 atom stereocenters. The third kappa shape index (κ3) is 5.71. The Labute approximate surface area is 147 Å². The van der Waals surface area contributed by atoms with Crippen LogP contribution in [0.3, 0.4) is 0 Å². The zero-order valence-electron chi connectivity index (χ0n) is 13.8. The van der Waals surface area contributed by atoms with Crippen molar-refractivity contribution in [2.45, 2.75) is 30.9 Å². The molecule has 0 spiro atoms. The molecule has 0 bridgehead atoms. The first-order valence-electron chi connectivity index (χ1n) is 7.91. The molecule has 124 valence electrons. The summed E-state index contributed by atoms with van der Waals surface area (Å²) < 4.78 is 0. The second-order valence-corrected chi connectivity index (χ2v) is 6.80. The number of nitrogens with zero attached hydrogens (tertiary/aromatic N) is 3. The summed E-state index contributed by atoms with van der Waals surface area (Å²) in [5, 5.41) is 8.70. The van der Waals surface area contributed by atoms with Gasteiger partial charge < -0.3 is 4.90 Å². The Morgan fingerprint density at radius 3 is 2.67 bits per heavy atom. The van der Waals surface area contributed by atoms with Gasteiger partial charge in [-0.2, -0.15) is 5.26 Å². The molecule has 1 amide bonds. The van der Waals surface area contributed by atoms with Gasteiger partial charge >= 0.3 is 0 Å². The maximum absolute atomic E-state index is 12.7. The molecule has 0 saturated heterocycles. The molecule has 2 aromatic rings. The standard InChI is InChI=1S/C19H21N3OS/c1-16(24-15-17-7-3-2-4-8-17)19(23)22(12-6-10-20)14-18-9-5-11-21-13-18/h2-5,7-9,11,13,16H,6,12,14-15H2,1H3. The molecule has 0 aliphatic carbocycles. The lowest BCUT2D eigenvalue weighted by atomic mass is 10.2. The van der Waals surface area contributed by atoms with Crippen LogP contribution in [-0.2, 0) is 17.1 Å². The summed E-state index contributed by atoms with van der Waals surface area (Å²) in [6, 6.07) is 16.0. The molecule has 24 heavy (non-hydrogen) atoms. The van der Waals surface area contributed by atoms with Crippen LogP contribution in [0.25, 0.3) is 0 Å². The number of hydrogen-bond donors (Lipinski definition) is 0. The molecular weight excluding hydrogens is 318 g/mol. The van der Waals surface area contributed by atoms with Crippen molar-refractivity contribution in [1.29, 1.82) is 5.26 Å². The molecule has 1 aromatic carbocycles. The molecular formula is C19H21N3OS. The Balaban J connectivity index is 1.96. The largest absolute Gasteiger partial charge is 0.336 e. The SMILES string of the molecule is CC(SCc1ccccc1)C(=O)N(CCC#N)Cc1cccnc1. The maximum atomic E-state index is 12.7. The quantitative estimate of drug-likeness (QED) is 0.737. The van der Waals surface area contributed by atoms with Crippen LogP contribution in [0.4, 0.5) is 0 Å². The molecule has 0 radical (unpaired) electrons. The van der Waals surface area contributed by atoms with Gasteiger partial charge in [-0.3, -0.25) is 9.78 Å². The molecule has 2 rings (SSSR count). The minimum atomic E-state index is -0.152. The summed E-state index contributed by atoms with van der Waals surface area (Å²) in [6.45, 7) is 2.86. The highest BCUT2D eigenvalue weighted by atomic mass is 32.2. The van der Waals surface area contributed by atoms with Crippen LogP contribution in [0.15, 0.2) is 54.9 Å². The minimum absolute atomic E-state index is 0.0648. The van der Waals surface area contributed by atoms with Crippen molar-refractivity contribution in [3.05, 3.63) is 66.0 Å². The van der Waals surface area contributed by atoms with Crippen LogP contribution in [-0.4, -0.2) is 27.6 Å². The molecule has 1 aromatic heterocycles. The number of amides is 1. The summed E-state index contributed by atoms with van der Waals surface area (Å²) >= 11 is 1.62. The number of carbonyl (C=O) groups is 1. The van der Waals surface area contributed by atoms with E-state index in [1.54, 1.807) is 29.1 Å². The van der Waals surface area contributed by atoms with Crippen molar-refractivity contribution in [2.75, 3.05) is 6.54 Å². The van der Waals surface area contributed by atoms with E-state index in [2.05, 4.69) is 23.2 Å². The lowest BCUT2D eigenvalue weighted by Crippen LogP contribution is -2.36. The van der Waals surface area contributed by atoms with E-state index in [0.29, 0.717) is 19.5 Å². The average molecular weight is 339 g/mol. The first-order chi connectivity index (χ1) is 11.7. The van der Waals surface area contributed by atoms with Crippen LogP contribution < -0.4 is 0 Å². The van der Waals surface area contributed by atoms with Crippen molar-refractivity contribution >= 4 is 17.7 Å². The van der Waals surface area contributed by atoms with Crippen molar-refractivity contribution in [2.24, 2.45) is 0 Å². The van der Waals surface area contributed by atoms with E-state index in [9.17, 15) is 4.79 Å². The summed E-state index contributed by atoms with van der Waals surface area (Å²) in [5.41, 5.74) is 2.18. The number of pyridine rings is 1. The van der Waals surface area contributed by atoms with Gasteiger partial charge in [0.1, 0.15) is 0 Å². The lowest BCUT2D eigenvalue weighted by Gasteiger charge is -2.25. The van der Waals surface area contributed by atoms with Crippen LogP contribution in [0, 0.1) is 11.3 Å². The van der Waals surface area contributed by atoms with Gasteiger partial charge in [0.05, 0.1) is 17.7 Å². The first-order valence-corrected chi connectivity index (χ1v) is 8.95. The third-order valence-electron chi connectivity index (χ3n) is 3.59. The van der Waals surface area contributed by atoms with E-state index in [1.807, 2.05) is 37.3 Å². The fraction of sp³-hybridized carbons (Fsp3) is 0.316. The molecule has 1 unspecified atom stereocenters. The molecule has 4 nitrogen and oxygen atoms in total. The normalized spacial score (nSPS) is 11.5. The zero-order valence-corrected chi connectivity index (χ0v) is 14.6. The Hall–Kier alpha value is -2.32. The summed E-state index contributed by atoms with van der Waals surface area (Å²) in [4.78, 5) is 18.6. The highest BCUT2D eigenvalue weighted by Crippen LogP contribution is 2.20. The van der Waals surface area contributed by atoms with Crippen molar-refractivity contribution in [3.8, 4) is 6.07 Å². The third-order valence-corrected chi connectivity index (χ3v) is 4.79. The van der Waals surface area contributed by atoms with E-state index < -0.39 is 0 Å². The molecule has 0 aliphatic rings. The number of nitriles is 1. The predicted molar refractivity (Wildman–Crippen MR) is 97.1 cm³/mol. The van der Waals surface area contributed by atoms with Gasteiger partial charge in [0.25, 0.3) is 0 Å². The van der Waals surface area contributed by atoms with Gasteiger partial charge in [0.2, 0.25) is 5.91 Å². The van der Waals surface area contributed by atoms with Gasteiger partial charge in [0, 0.05) is 31.2 Å². The molecule has 1 heterocycles. The van der Waals surface area contributed by atoms with Crippen LogP contribution >= 0.6 is 11.8 Å². The molecule has 0 fully saturated rings. The van der Waals surface area contributed by atoms with E-state index >= 15 is 0 Å². The highest BCUT2D eigenvalue weighted by molar-refractivity contribution is 7.99. The number of carbonyl (C=O) groups excluding carboxylic acids is 1. The van der Waals surface area contributed by atoms with Gasteiger partial charge in [-0.25, -0.2) is 0 Å². The lowest BCUT2D eigenvalue weighted by molar-refractivity contribution is -0.130. The minimum Gasteiger partial charge on any atom is -0.336 e. The fourth-order valence-electron chi connectivity index (χ4n) is 2.29. The second-order valence-electron chi connectivity index (χ2n) is 5.47. The fourth-order valence-corrected chi connectivity index (χ4v) is 3.21. The van der Waals surface area contributed by atoms with Crippen LogP contribution in [0.1, 0.15) is 24.5 Å². The summed E-state index contributed by atoms with van der Waals surface area (Å²) in [6.07, 6.45) is 3.81. The first kappa shape index (κ1) is 18.0. The summed E-state index contributed by atoms with van der Waals surface area (Å²) in [5.74, 6) is 0.863. The smallest absolute Gasteiger partial charge is 0.235 e. The van der Waals surface area contributed by atoms with Gasteiger partial charge in [-0.05, 0) is 24.1 Å². The van der Waals surface area contributed by atoms with Crippen molar-refractivity contribution < 1.29 is 4.79 Å². The Bertz CT molecular complexity index is 670. The Kier molecular flexibility index (Phi) is 7.31. The van der Waals surface area contributed by atoms with Gasteiger partial charge in [-0.1, -0.05) is 36.4 Å². The van der Waals surface area contributed by atoms with E-state index in [1.165, 1.54) is 5.56 Å². The Morgan fingerprint density at radius 1 is 1.25 bits per heavy atom. The zero-order chi connectivity index (χ0) is 17.2. The summed E-state index contributed by atoms with van der Waals surface area (Å²) in [7, 11) is 0. The van der Waals surface area contributed by atoms with E-state index in [-0.39, 0.29) is 11.2 Å². The van der Waals surface area contributed by atoms with E-state index in [0.717, 1.165) is 11.3 Å². The number of benzene rings is 1. The molecule has 0 N–H and O–H groups in total. The molecule has 0 saturated carbocycles. The van der Waals surface area contributed by atoms with Crippen LogP contribution in [0.2, 0.25) is 0 Å². The maximum Gasteiger partial charge on any atom is 0.235 e. The number of aromatic nitrogens is 1. The number of hydrogen-bond acceptors (Lipinski definition) is 4. The van der Waals surface area contributed by atoms with Crippen molar-refractivity contribution in [3.63, 3.8) is 0 Å². The highest BCUT2D eigenvalue weighted by Gasteiger charge is 2.21. The predicted octanol–water partition coefficient (Wildman–Crippen LogP) is 3.65. The van der Waals surface area contributed by atoms with E-state index in [4.69, 9.17) is 5.26 Å².